The van der Waals surface area contributed by atoms with Gasteiger partial charge in [0.05, 0.1) is 6.61 Å². The van der Waals surface area contributed by atoms with Gasteiger partial charge >= 0.3 is 11.9 Å². The molecule has 0 saturated heterocycles. The van der Waals surface area contributed by atoms with Crippen LogP contribution in [0.1, 0.15) is 13.3 Å². The highest BCUT2D eigenvalue weighted by atomic mass is 16.5. The number of carboxylic acids is 1. The molecular formula is C10H16O5. The van der Waals surface area contributed by atoms with Crippen molar-refractivity contribution in [3.05, 3.63) is 24.8 Å². The molecule has 0 aliphatic heterocycles. The molecule has 0 radical (unpaired) electrons. The fourth-order valence-corrected chi connectivity index (χ4v) is 0.353. The summed E-state index contributed by atoms with van der Waals surface area (Å²) in [5.41, 5.74) is 0.387. The standard InChI is InChI=1S/C7H12O3.C3H4O2/c1-6(2)7(9)10-5-3-4-8;1-2-3(4)5/h8H,1,3-5H2,2H3;2H,1H2,(H,4,5). The van der Waals surface area contributed by atoms with Gasteiger partial charge in [0.15, 0.2) is 0 Å². The Labute approximate surface area is 88.7 Å². The third kappa shape index (κ3) is 15.2. The van der Waals surface area contributed by atoms with E-state index < -0.39 is 11.9 Å². The molecule has 0 amide bonds. The van der Waals surface area contributed by atoms with E-state index in [0.717, 1.165) is 6.08 Å². The number of aliphatic hydroxyl groups is 1. The highest BCUT2D eigenvalue weighted by Crippen LogP contribution is 1.92. The molecular weight excluding hydrogens is 200 g/mol. The summed E-state index contributed by atoms with van der Waals surface area (Å²) in [6.45, 7) is 8.25. The molecule has 0 spiro atoms. The van der Waals surface area contributed by atoms with Crippen LogP contribution in [0.15, 0.2) is 24.8 Å². The molecule has 15 heavy (non-hydrogen) atoms. The molecule has 2 N–H and O–H groups in total. The summed E-state index contributed by atoms with van der Waals surface area (Å²) >= 11 is 0. The fraction of sp³-hybridized carbons (Fsp3) is 0.400. The van der Waals surface area contributed by atoms with Crippen molar-refractivity contribution >= 4 is 11.9 Å². The Bertz CT molecular complexity index is 232. The maximum Gasteiger partial charge on any atom is 0.333 e. The molecule has 86 valence electrons. The van der Waals surface area contributed by atoms with E-state index in [2.05, 4.69) is 17.9 Å². The predicted octanol–water partition coefficient (Wildman–Crippen LogP) is 0.745. The minimum atomic E-state index is -0.981. The van der Waals surface area contributed by atoms with Crippen molar-refractivity contribution < 1.29 is 24.5 Å². The van der Waals surface area contributed by atoms with Crippen LogP contribution in [0.5, 0.6) is 0 Å². The predicted molar refractivity (Wildman–Crippen MR) is 55.3 cm³/mol. The molecule has 0 atom stereocenters. The number of esters is 1. The first-order chi connectivity index (χ1) is 6.95. The van der Waals surface area contributed by atoms with Crippen molar-refractivity contribution in [1.82, 2.24) is 0 Å². The van der Waals surface area contributed by atoms with E-state index >= 15 is 0 Å². The first-order valence-corrected chi connectivity index (χ1v) is 4.24. The van der Waals surface area contributed by atoms with Crippen LogP contribution in [0.25, 0.3) is 0 Å². The number of carbonyl (C=O) groups excluding carboxylic acids is 1. The van der Waals surface area contributed by atoms with Gasteiger partial charge in [0.1, 0.15) is 0 Å². The lowest BCUT2D eigenvalue weighted by Crippen LogP contribution is -2.06. The Kier molecular flexibility index (Phi) is 11.0. The summed E-state index contributed by atoms with van der Waals surface area (Å²) < 4.78 is 4.65. The van der Waals surface area contributed by atoms with Gasteiger partial charge in [-0.3, -0.25) is 0 Å². The zero-order chi connectivity index (χ0) is 12.3. The van der Waals surface area contributed by atoms with Gasteiger partial charge in [-0.1, -0.05) is 13.2 Å². The Morgan fingerprint density at radius 3 is 2.20 bits per heavy atom. The minimum Gasteiger partial charge on any atom is -0.478 e. The maximum atomic E-state index is 10.6. The molecule has 0 aliphatic carbocycles. The van der Waals surface area contributed by atoms with Gasteiger partial charge in [0.2, 0.25) is 0 Å². The number of aliphatic carboxylic acids is 1. The third-order valence-electron chi connectivity index (χ3n) is 1.06. The SMILES string of the molecule is C=C(C)C(=O)OCCCO.C=CC(=O)O. The number of aliphatic hydroxyl groups excluding tert-OH is 1. The molecule has 0 rings (SSSR count). The second-order valence-electron chi connectivity index (χ2n) is 2.54. The van der Waals surface area contributed by atoms with E-state index in [4.69, 9.17) is 10.2 Å². The lowest BCUT2D eigenvalue weighted by molar-refractivity contribution is -0.139. The summed E-state index contributed by atoms with van der Waals surface area (Å²) in [5.74, 6) is -1.38. The smallest absolute Gasteiger partial charge is 0.333 e. The Morgan fingerprint density at radius 2 is 1.93 bits per heavy atom. The number of hydrogen-bond donors (Lipinski definition) is 2. The van der Waals surface area contributed by atoms with Crippen LogP contribution in [0, 0.1) is 0 Å². The molecule has 0 aromatic carbocycles. The molecule has 0 saturated carbocycles. The highest BCUT2D eigenvalue weighted by Gasteiger charge is 2.00. The van der Waals surface area contributed by atoms with E-state index in [-0.39, 0.29) is 13.2 Å². The molecule has 0 bridgehead atoms. The van der Waals surface area contributed by atoms with Crippen molar-refractivity contribution in [1.29, 1.82) is 0 Å². The largest absolute Gasteiger partial charge is 0.478 e. The van der Waals surface area contributed by atoms with Crippen molar-refractivity contribution in [3.8, 4) is 0 Å². The molecule has 5 heteroatoms. The number of rotatable bonds is 5. The van der Waals surface area contributed by atoms with Crippen LogP contribution >= 0.6 is 0 Å². The van der Waals surface area contributed by atoms with Crippen molar-refractivity contribution in [2.45, 2.75) is 13.3 Å². The quantitative estimate of drug-likeness (QED) is 0.402. The van der Waals surface area contributed by atoms with Gasteiger partial charge < -0.3 is 14.9 Å². The van der Waals surface area contributed by atoms with Crippen LogP contribution in [0.4, 0.5) is 0 Å². The highest BCUT2D eigenvalue weighted by molar-refractivity contribution is 5.86. The van der Waals surface area contributed by atoms with E-state index in [1.165, 1.54) is 0 Å². The lowest BCUT2D eigenvalue weighted by Gasteiger charge is -2.00. The number of carbonyl (C=O) groups is 2. The maximum absolute atomic E-state index is 10.6. The lowest BCUT2D eigenvalue weighted by atomic mass is 10.4. The molecule has 0 heterocycles. The number of carboxylic acid groups (broad SMARTS) is 1. The molecule has 0 aromatic rings. The van der Waals surface area contributed by atoms with Crippen LogP contribution < -0.4 is 0 Å². The van der Waals surface area contributed by atoms with Crippen LogP contribution in [-0.4, -0.2) is 35.4 Å². The minimum absolute atomic E-state index is 0.0451. The summed E-state index contributed by atoms with van der Waals surface area (Å²) in [5, 5.41) is 15.9. The van der Waals surface area contributed by atoms with Gasteiger partial charge in [0.25, 0.3) is 0 Å². The molecule has 0 aromatic heterocycles. The summed E-state index contributed by atoms with van der Waals surface area (Å²) in [7, 11) is 0. The molecule has 0 unspecified atom stereocenters. The average Bonchev–Trinajstić information content (AvgIpc) is 2.18. The van der Waals surface area contributed by atoms with Gasteiger partial charge in [0, 0.05) is 24.7 Å². The Hall–Kier alpha value is -1.62. The van der Waals surface area contributed by atoms with E-state index in [1.54, 1.807) is 6.92 Å². The van der Waals surface area contributed by atoms with Crippen LogP contribution in [0.3, 0.4) is 0 Å². The first kappa shape index (κ1) is 15.8. The van der Waals surface area contributed by atoms with E-state index in [1.807, 2.05) is 0 Å². The van der Waals surface area contributed by atoms with Crippen LogP contribution in [0.2, 0.25) is 0 Å². The average molecular weight is 216 g/mol. The summed E-state index contributed by atoms with van der Waals surface area (Å²) in [4.78, 5) is 19.9. The zero-order valence-corrected chi connectivity index (χ0v) is 8.73. The molecule has 0 fully saturated rings. The van der Waals surface area contributed by atoms with E-state index in [0.29, 0.717) is 12.0 Å². The first-order valence-electron chi connectivity index (χ1n) is 4.24. The normalized spacial score (nSPS) is 8.13. The number of ether oxygens (including phenoxy) is 1. The van der Waals surface area contributed by atoms with Crippen molar-refractivity contribution in [3.63, 3.8) is 0 Å². The van der Waals surface area contributed by atoms with Crippen molar-refractivity contribution in [2.24, 2.45) is 0 Å². The monoisotopic (exact) mass is 216 g/mol. The van der Waals surface area contributed by atoms with Crippen LogP contribution in [-0.2, 0) is 14.3 Å². The Balaban J connectivity index is 0. The van der Waals surface area contributed by atoms with Gasteiger partial charge in [-0.2, -0.15) is 0 Å². The van der Waals surface area contributed by atoms with Crippen molar-refractivity contribution in [2.75, 3.05) is 13.2 Å². The second kappa shape index (κ2) is 10.5. The second-order valence-corrected chi connectivity index (χ2v) is 2.54. The third-order valence-corrected chi connectivity index (χ3v) is 1.06. The fourth-order valence-electron chi connectivity index (χ4n) is 0.353. The van der Waals surface area contributed by atoms with Gasteiger partial charge in [-0.25, -0.2) is 9.59 Å². The summed E-state index contributed by atoms with van der Waals surface area (Å²) in [6.07, 6.45) is 1.32. The van der Waals surface area contributed by atoms with Gasteiger partial charge in [-0.15, -0.1) is 0 Å². The summed E-state index contributed by atoms with van der Waals surface area (Å²) in [6, 6.07) is 0. The zero-order valence-electron chi connectivity index (χ0n) is 8.73. The van der Waals surface area contributed by atoms with Gasteiger partial charge in [-0.05, 0) is 6.92 Å². The Morgan fingerprint density at radius 1 is 1.47 bits per heavy atom. The molecule has 0 aliphatic rings. The topological polar surface area (TPSA) is 83.8 Å². The number of hydrogen-bond acceptors (Lipinski definition) is 4. The van der Waals surface area contributed by atoms with E-state index in [9.17, 15) is 9.59 Å². The molecule has 5 nitrogen and oxygen atoms in total.